The number of hydrogen-bond donors (Lipinski definition) is 5. The third-order valence-corrected chi connectivity index (χ3v) is 3.85. The lowest BCUT2D eigenvalue weighted by Gasteiger charge is -2.15. The van der Waals surface area contributed by atoms with E-state index in [1.165, 1.54) is 0 Å². The number of aromatic nitrogens is 4. The maximum Gasteiger partial charge on any atom is 0.264 e. The van der Waals surface area contributed by atoms with Crippen molar-refractivity contribution in [3.8, 4) is 0 Å². The number of nitrogen functional groups attached to an aromatic ring is 1. The summed E-state index contributed by atoms with van der Waals surface area (Å²) in [5.41, 5.74) is 5.10. The Hall–Kier alpha value is -1.53. The summed E-state index contributed by atoms with van der Waals surface area (Å²) in [6.45, 7) is -0.467. The number of aliphatic hydroxyl groups is 3. The summed E-state index contributed by atoms with van der Waals surface area (Å²) in [7, 11) is 0. The number of nitrogens with zero attached hydrogens (tertiary/aromatic N) is 3. The van der Waals surface area contributed by atoms with Gasteiger partial charge in [-0.15, -0.1) is 0 Å². The molecule has 114 valence electrons. The fraction of sp³-hybridized carbons (Fsp3) is 0.500. The lowest BCUT2D eigenvalue weighted by Crippen LogP contribution is -2.33. The Balaban J connectivity index is 2.16. The van der Waals surface area contributed by atoms with Crippen molar-refractivity contribution in [1.82, 2.24) is 19.7 Å². The molecule has 3 rings (SSSR count). The molecule has 1 saturated heterocycles. The molecule has 1 unspecified atom stereocenters. The summed E-state index contributed by atoms with van der Waals surface area (Å²) >= 11 is 3.13. The van der Waals surface area contributed by atoms with Gasteiger partial charge in [0, 0.05) is 0 Å². The van der Waals surface area contributed by atoms with Gasteiger partial charge in [-0.3, -0.25) is 9.78 Å². The van der Waals surface area contributed by atoms with E-state index in [1.54, 1.807) is 0 Å². The van der Waals surface area contributed by atoms with Crippen molar-refractivity contribution in [1.29, 1.82) is 0 Å². The SMILES string of the molecule is Nc1nc2c(c(Br)nn2[C@@H]2O[C@H](CO)C(O)[C@@H]2O)c(=O)[nH]1. The third kappa shape index (κ3) is 2.13. The van der Waals surface area contributed by atoms with Crippen molar-refractivity contribution in [3.63, 3.8) is 0 Å². The summed E-state index contributed by atoms with van der Waals surface area (Å²) < 4.78 is 6.70. The van der Waals surface area contributed by atoms with Crippen LogP contribution in [-0.4, -0.2) is 60.0 Å². The van der Waals surface area contributed by atoms with E-state index in [1.807, 2.05) is 0 Å². The largest absolute Gasteiger partial charge is 0.394 e. The summed E-state index contributed by atoms with van der Waals surface area (Å²) in [5, 5.41) is 33.1. The first-order valence-corrected chi connectivity index (χ1v) is 6.79. The van der Waals surface area contributed by atoms with E-state index in [2.05, 4.69) is 31.0 Å². The number of hydrogen-bond acceptors (Lipinski definition) is 8. The van der Waals surface area contributed by atoms with Crippen LogP contribution in [0.3, 0.4) is 0 Å². The fourth-order valence-corrected chi connectivity index (χ4v) is 2.81. The second kappa shape index (κ2) is 5.03. The zero-order chi connectivity index (χ0) is 15.3. The molecule has 0 aliphatic carbocycles. The highest BCUT2D eigenvalue weighted by Gasteiger charge is 2.44. The van der Waals surface area contributed by atoms with Gasteiger partial charge in [-0.2, -0.15) is 10.1 Å². The molecule has 11 heteroatoms. The van der Waals surface area contributed by atoms with Crippen LogP contribution < -0.4 is 11.3 Å². The molecule has 0 amide bonds. The van der Waals surface area contributed by atoms with Crippen molar-refractivity contribution < 1.29 is 20.1 Å². The minimum absolute atomic E-state index is 0.0953. The second-order valence-electron chi connectivity index (χ2n) is 4.61. The van der Waals surface area contributed by atoms with Crippen LogP contribution in [0.25, 0.3) is 11.0 Å². The highest BCUT2D eigenvalue weighted by Crippen LogP contribution is 2.32. The summed E-state index contributed by atoms with van der Waals surface area (Å²) in [4.78, 5) is 18.2. The number of nitrogens with one attached hydrogen (secondary N) is 1. The van der Waals surface area contributed by atoms with Crippen molar-refractivity contribution in [2.75, 3.05) is 12.3 Å². The number of H-pyrrole nitrogens is 1. The number of aromatic amines is 1. The maximum atomic E-state index is 11.9. The van der Waals surface area contributed by atoms with Gasteiger partial charge in [0.05, 0.1) is 6.61 Å². The van der Waals surface area contributed by atoms with E-state index in [9.17, 15) is 15.0 Å². The minimum Gasteiger partial charge on any atom is -0.394 e. The molecule has 1 aliphatic rings. The predicted octanol–water partition coefficient (Wildman–Crippen LogP) is -1.92. The molecule has 10 nitrogen and oxygen atoms in total. The van der Waals surface area contributed by atoms with E-state index >= 15 is 0 Å². The highest BCUT2D eigenvalue weighted by atomic mass is 79.9. The van der Waals surface area contributed by atoms with Gasteiger partial charge in [0.25, 0.3) is 5.56 Å². The average molecular weight is 362 g/mol. The van der Waals surface area contributed by atoms with Crippen molar-refractivity contribution >= 4 is 32.9 Å². The lowest BCUT2D eigenvalue weighted by atomic mass is 10.1. The van der Waals surface area contributed by atoms with E-state index in [-0.39, 0.29) is 21.6 Å². The van der Waals surface area contributed by atoms with Crippen LogP contribution in [0.15, 0.2) is 9.40 Å². The van der Waals surface area contributed by atoms with Crippen LogP contribution in [0.5, 0.6) is 0 Å². The Labute approximate surface area is 125 Å². The zero-order valence-electron chi connectivity index (χ0n) is 10.5. The van der Waals surface area contributed by atoms with Gasteiger partial charge < -0.3 is 25.8 Å². The van der Waals surface area contributed by atoms with Gasteiger partial charge in [0.1, 0.15) is 28.3 Å². The molecule has 21 heavy (non-hydrogen) atoms. The first kappa shape index (κ1) is 14.4. The Bertz CT molecular complexity index is 745. The van der Waals surface area contributed by atoms with E-state index < -0.39 is 36.7 Å². The van der Waals surface area contributed by atoms with Gasteiger partial charge >= 0.3 is 0 Å². The summed E-state index contributed by atoms with van der Waals surface area (Å²) in [6, 6.07) is 0. The van der Waals surface area contributed by atoms with Crippen molar-refractivity contribution in [3.05, 3.63) is 15.0 Å². The van der Waals surface area contributed by atoms with E-state index in [4.69, 9.17) is 15.6 Å². The molecule has 0 bridgehead atoms. The number of nitrogens with two attached hydrogens (primary N) is 1. The molecule has 6 N–H and O–H groups in total. The average Bonchev–Trinajstić information content (AvgIpc) is 2.89. The number of ether oxygens (including phenoxy) is 1. The smallest absolute Gasteiger partial charge is 0.264 e. The Morgan fingerprint density at radius 3 is 2.76 bits per heavy atom. The predicted molar refractivity (Wildman–Crippen MR) is 73.3 cm³/mol. The summed E-state index contributed by atoms with van der Waals surface area (Å²) in [6.07, 6.45) is -4.67. The third-order valence-electron chi connectivity index (χ3n) is 3.30. The van der Waals surface area contributed by atoms with Gasteiger partial charge in [-0.05, 0) is 15.9 Å². The molecule has 4 atom stereocenters. The molecule has 1 fully saturated rings. The Kier molecular flexibility index (Phi) is 3.45. The van der Waals surface area contributed by atoms with Crippen molar-refractivity contribution in [2.24, 2.45) is 0 Å². The summed E-state index contributed by atoms with van der Waals surface area (Å²) in [5.74, 6) is -0.118. The molecular weight excluding hydrogens is 350 g/mol. The topological polar surface area (TPSA) is 160 Å². The van der Waals surface area contributed by atoms with Gasteiger partial charge in [0.15, 0.2) is 11.9 Å². The minimum atomic E-state index is -1.33. The first-order chi connectivity index (χ1) is 9.93. The monoisotopic (exact) mass is 361 g/mol. The van der Waals surface area contributed by atoms with E-state index in [0.29, 0.717) is 0 Å². The quantitative estimate of drug-likeness (QED) is 0.413. The molecule has 0 saturated carbocycles. The number of aliphatic hydroxyl groups excluding tert-OH is 3. The molecule has 0 spiro atoms. The fourth-order valence-electron chi connectivity index (χ4n) is 2.28. The normalized spacial score (nSPS) is 29.3. The molecule has 0 radical (unpaired) electrons. The maximum absolute atomic E-state index is 11.9. The Morgan fingerprint density at radius 2 is 2.14 bits per heavy atom. The molecule has 1 aliphatic heterocycles. The van der Waals surface area contributed by atoms with E-state index in [0.717, 1.165) is 4.68 Å². The van der Waals surface area contributed by atoms with Gasteiger partial charge in [-0.25, -0.2) is 4.68 Å². The van der Waals surface area contributed by atoms with Crippen LogP contribution in [0.1, 0.15) is 6.23 Å². The molecule has 2 aromatic rings. The van der Waals surface area contributed by atoms with Crippen LogP contribution in [0, 0.1) is 0 Å². The number of rotatable bonds is 2. The Morgan fingerprint density at radius 1 is 1.43 bits per heavy atom. The lowest BCUT2D eigenvalue weighted by molar-refractivity contribution is -0.0567. The number of halogens is 1. The highest BCUT2D eigenvalue weighted by molar-refractivity contribution is 9.10. The van der Waals surface area contributed by atoms with Gasteiger partial charge in [-0.1, -0.05) is 0 Å². The van der Waals surface area contributed by atoms with Crippen LogP contribution in [0.4, 0.5) is 5.95 Å². The standard InChI is InChI=1S/C10H12BrN5O5/c11-6-3-7(13-10(12)14-8(3)20)16(15-6)9-5(19)4(18)2(1-17)21-9/h2,4-5,9,17-19H,1H2,(H3,12,13,14,20)/t2-,4?,5+,9-/m1/s1. The van der Waals surface area contributed by atoms with Gasteiger partial charge in [0.2, 0.25) is 5.95 Å². The molecular formula is C10H12BrN5O5. The van der Waals surface area contributed by atoms with Crippen molar-refractivity contribution in [2.45, 2.75) is 24.5 Å². The molecule has 3 heterocycles. The number of anilines is 1. The number of fused-ring (bicyclic) bond motifs is 1. The van der Waals surface area contributed by atoms with Crippen LogP contribution in [0.2, 0.25) is 0 Å². The van der Waals surface area contributed by atoms with Crippen LogP contribution >= 0.6 is 15.9 Å². The molecule has 0 aromatic carbocycles. The second-order valence-corrected chi connectivity index (χ2v) is 5.37. The molecule has 2 aromatic heterocycles. The first-order valence-electron chi connectivity index (χ1n) is 6.00. The zero-order valence-corrected chi connectivity index (χ0v) is 12.1. The van der Waals surface area contributed by atoms with Crippen LogP contribution in [-0.2, 0) is 4.74 Å².